The van der Waals surface area contributed by atoms with E-state index >= 15 is 0 Å². The first kappa shape index (κ1) is 19.8. The smallest absolute Gasteiger partial charge is 0.363 e. The summed E-state index contributed by atoms with van der Waals surface area (Å²) < 4.78 is 39.4. The van der Waals surface area contributed by atoms with Gasteiger partial charge in [-0.25, -0.2) is 0 Å². The van der Waals surface area contributed by atoms with Crippen molar-refractivity contribution in [1.82, 2.24) is 0 Å². The Hall–Kier alpha value is -1.46. The predicted octanol–water partition coefficient (Wildman–Crippen LogP) is 4.97. The lowest BCUT2D eigenvalue weighted by Gasteiger charge is -2.38. The number of hydrogen-bond acceptors (Lipinski definition) is 7. The van der Waals surface area contributed by atoms with E-state index in [1.54, 1.807) is 0 Å². The van der Waals surface area contributed by atoms with Crippen molar-refractivity contribution in [3.05, 3.63) is 44.1 Å². The zero-order valence-corrected chi connectivity index (χ0v) is 16.9. The lowest BCUT2D eigenvalue weighted by atomic mass is 10.1. The number of hydrogen-bond donors (Lipinski definition) is 0. The summed E-state index contributed by atoms with van der Waals surface area (Å²) in [6.45, 7) is 1.44. The molecule has 5 nitrogen and oxygen atoms in total. The largest absolute Gasteiger partial charge is 0.416 e. The van der Waals surface area contributed by atoms with Crippen LogP contribution >= 0.6 is 34.9 Å². The number of piperidine rings is 1. The molecule has 2 saturated heterocycles. The van der Waals surface area contributed by atoms with Crippen molar-refractivity contribution in [2.75, 3.05) is 29.5 Å². The Labute approximate surface area is 170 Å². The van der Waals surface area contributed by atoms with Crippen LogP contribution in [0.4, 0.5) is 23.9 Å². The van der Waals surface area contributed by atoms with Gasteiger partial charge in [-0.15, -0.1) is 34.9 Å². The Kier molecular flexibility index (Phi) is 5.03. The van der Waals surface area contributed by atoms with Gasteiger partial charge in [0.15, 0.2) is 5.43 Å². The van der Waals surface area contributed by atoms with Crippen LogP contribution in [0.1, 0.15) is 18.4 Å². The average molecular weight is 449 g/mol. The second kappa shape index (κ2) is 7.10. The van der Waals surface area contributed by atoms with Crippen molar-refractivity contribution in [2.24, 2.45) is 0 Å². The van der Waals surface area contributed by atoms with Gasteiger partial charge in [-0.3, -0.25) is 14.9 Å². The maximum atomic E-state index is 13.1. The van der Waals surface area contributed by atoms with E-state index in [4.69, 9.17) is 0 Å². The quantitative estimate of drug-likeness (QED) is 0.478. The molecule has 0 bridgehead atoms. The monoisotopic (exact) mass is 448 g/mol. The molecule has 3 heterocycles. The highest BCUT2D eigenvalue weighted by Crippen LogP contribution is 2.51. The second-order valence-electron chi connectivity index (χ2n) is 6.67. The fourth-order valence-electron chi connectivity index (χ4n) is 3.54. The molecular weight excluding hydrogens is 433 g/mol. The number of rotatable bonds is 2. The number of nitro benzene ring substituents is 1. The molecule has 11 heteroatoms. The van der Waals surface area contributed by atoms with Gasteiger partial charge in [0.05, 0.1) is 19.6 Å². The van der Waals surface area contributed by atoms with E-state index in [0.29, 0.717) is 17.1 Å². The van der Waals surface area contributed by atoms with Gasteiger partial charge >= 0.3 is 6.18 Å². The number of benzene rings is 1. The number of fused-ring (bicyclic) bond motifs is 1. The lowest BCUT2D eigenvalue weighted by Crippen LogP contribution is -2.39. The molecule has 0 aliphatic carbocycles. The van der Waals surface area contributed by atoms with E-state index in [0.717, 1.165) is 48.8 Å². The van der Waals surface area contributed by atoms with Crippen LogP contribution in [-0.2, 0) is 6.18 Å². The van der Waals surface area contributed by atoms with Crippen molar-refractivity contribution in [3.63, 3.8) is 0 Å². The number of halogens is 3. The maximum absolute atomic E-state index is 13.1. The van der Waals surface area contributed by atoms with Gasteiger partial charge in [0, 0.05) is 42.1 Å². The number of nitrogens with zero attached hydrogens (tertiary/aromatic N) is 2. The molecule has 28 heavy (non-hydrogen) atoms. The standard InChI is InChI=1S/C17H15F3N2O3S3/c18-17(19,20)10-7-11-13(23)9-14(28-15(11)12(8-10)22(24)25)21-3-1-16(2-4-21)26-5-6-27-16/h7-9H,1-6H2. The van der Waals surface area contributed by atoms with E-state index < -0.39 is 27.8 Å². The zero-order valence-electron chi connectivity index (χ0n) is 14.5. The third kappa shape index (κ3) is 3.59. The van der Waals surface area contributed by atoms with Crippen molar-refractivity contribution in [3.8, 4) is 0 Å². The summed E-state index contributed by atoms with van der Waals surface area (Å²) >= 11 is 4.94. The first-order valence-electron chi connectivity index (χ1n) is 8.55. The van der Waals surface area contributed by atoms with Crippen molar-refractivity contribution >= 4 is 55.6 Å². The highest BCUT2D eigenvalue weighted by Gasteiger charge is 2.39. The molecular formula is C17H15F3N2O3S3. The minimum atomic E-state index is -4.76. The van der Waals surface area contributed by atoms with Gasteiger partial charge in [-0.2, -0.15) is 13.2 Å². The summed E-state index contributed by atoms with van der Waals surface area (Å²) in [7, 11) is 0. The van der Waals surface area contributed by atoms with Crippen LogP contribution in [0.15, 0.2) is 23.0 Å². The van der Waals surface area contributed by atoms with Gasteiger partial charge in [0.25, 0.3) is 5.69 Å². The molecule has 2 fully saturated rings. The van der Waals surface area contributed by atoms with Gasteiger partial charge in [-0.1, -0.05) is 0 Å². The molecule has 0 atom stereocenters. The summed E-state index contributed by atoms with van der Waals surface area (Å²) in [5, 5.41) is 11.7. The van der Waals surface area contributed by atoms with E-state index in [1.165, 1.54) is 6.07 Å². The van der Waals surface area contributed by atoms with Gasteiger partial charge < -0.3 is 4.90 Å². The number of thioether (sulfide) groups is 2. The van der Waals surface area contributed by atoms with Crippen molar-refractivity contribution in [1.29, 1.82) is 0 Å². The number of non-ortho nitro benzene ring substituents is 1. The minimum Gasteiger partial charge on any atom is -0.363 e. The van der Waals surface area contributed by atoms with Crippen LogP contribution in [0.3, 0.4) is 0 Å². The van der Waals surface area contributed by atoms with E-state index in [2.05, 4.69) is 0 Å². The van der Waals surface area contributed by atoms with Crippen LogP contribution in [-0.4, -0.2) is 33.6 Å². The lowest BCUT2D eigenvalue weighted by molar-refractivity contribution is -0.383. The Balaban J connectivity index is 1.75. The van der Waals surface area contributed by atoms with Gasteiger partial charge in [-0.05, 0) is 18.9 Å². The summed E-state index contributed by atoms with van der Waals surface area (Å²) in [6, 6.07) is 2.53. The molecule has 0 unspecified atom stereocenters. The van der Waals surface area contributed by atoms with Crippen LogP contribution in [0, 0.1) is 10.1 Å². The fraction of sp³-hybridized carbons (Fsp3) is 0.471. The second-order valence-corrected chi connectivity index (χ2v) is 10.9. The molecule has 2 aromatic rings. The predicted molar refractivity (Wildman–Crippen MR) is 109 cm³/mol. The summed E-state index contributed by atoms with van der Waals surface area (Å²) in [6.07, 6.45) is -2.88. The first-order chi connectivity index (χ1) is 13.2. The molecule has 0 amide bonds. The summed E-state index contributed by atoms with van der Waals surface area (Å²) in [5.41, 5.74) is -2.48. The normalized spacial score (nSPS) is 19.5. The van der Waals surface area contributed by atoms with E-state index in [-0.39, 0.29) is 14.2 Å². The van der Waals surface area contributed by atoms with Crippen LogP contribution in [0.2, 0.25) is 0 Å². The molecule has 0 saturated carbocycles. The van der Waals surface area contributed by atoms with Crippen molar-refractivity contribution < 1.29 is 18.1 Å². The molecule has 0 N–H and O–H groups in total. The molecule has 2 aliphatic heterocycles. The Morgan fingerprint density at radius 2 is 1.75 bits per heavy atom. The molecule has 1 spiro atoms. The number of nitro groups is 1. The maximum Gasteiger partial charge on any atom is 0.416 e. The van der Waals surface area contributed by atoms with Crippen LogP contribution < -0.4 is 10.3 Å². The van der Waals surface area contributed by atoms with Gasteiger partial charge in [0.1, 0.15) is 4.70 Å². The molecule has 1 aromatic heterocycles. The highest BCUT2D eigenvalue weighted by molar-refractivity contribution is 8.21. The number of anilines is 1. The van der Waals surface area contributed by atoms with Gasteiger partial charge in [0.2, 0.25) is 0 Å². The molecule has 0 radical (unpaired) electrons. The Morgan fingerprint density at radius 3 is 2.32 bits per heavy atom. The molecule has 150 valence electrons. The third-order valence-electron chi connectivity index (χ3n) is 4.97. The number of alkyl halides is 3. The summed E-state index contributed by atoms with van der Waals surface area (Å²) in [4.78, 5) is 25.1. The van der Waals surface area contributed by atoms with E-state index in [9.17, 15) is 28.1 Å². The van der Waals surface area contributed by atoms with E-state index in [1.807, 2.05) is 28.4 Å². The minimum absolute atomic E-state index is 0.00889. The summed E-state index contributed by atoms with van der Waals surface area (Å²) in [5.74, 6) is 2.25. The van der Waals surface area contributed by atoms with Crippen molar-refractivity contribution in [2.45, 2.75) is 23.1 Å². The Morgan fingerprint density at radius 1 is 1.11 bits per heavy atom. The van der Waals surface area contributed by atoms with Crippen LogP contribution in [0.25, 0.3) is 10.1 Å². The Bertz CT molecular complexity index is 993. The average Bonchev–Trinajstić information content (AvgIpc) is 3.08. The topological polar surface area (TPSA) is 63.5 Å². The highest BCUT2D eigenvalue weighted by atomic mass is 32.2. The SMILES string of the molecule is O=c1cc(N2CCC3(CC2)SCCS3)sc2c([N+](=O)[O-])cc(C(F)(F)F)cc12. The molecule has 4 rings (SSSR count). The molecule has 1 aromatic carbocycles. The third-order valence-corrected chi connectivity index (χ3v) is 9.84. The first-order valence-corrected chi connectivity index (χ1v) is 11.3. The van der Waals surface area contributed by atoms with Crippen LogP contribution in [0.5, 0.6) is 0 Å². The molecule has 2 aliphatic rings. The fourth-order valence-corrected chi connectivity index (χ4v) is 7.92. The zero-order chi connectivity index (χ0) is 20.1.